The Bertz CT molecular complexity index is 1210. The summed E-state index contributed by atoms with van der Waals surface area (Å²) in [6.45, 7) is 4.64. The van der Waals surface area contributed by atoms with Gasteiger partial charge >= 0.3 is 17.9 Å². The van der Waals surface area contributed by atoms with Gasteiger partial charge in [0, 0.05) is 19.3 Å². The number of quaternary nitrogens is 1. The van der Waals surface area contributed by atoms with E-state index in [0.29, 0.717) is 19.3 Å². The molecular weight excluding hydrogens is 751 g/mol. The molecule has 0 saturated carbocycles. The monoisotopic (exact) mass is 841 g/mol. The standard InChI is InChI=1S/C52H89NO7/c1-6-8-10-12-14-16-18-20-22-23-24-25-26-27-29-31-33-35-37-39-41-43-51(55)60-48(46-58-45-44-49(52(56)57)53(3,4)5)47-59-50(54)42-40-38-36-34-32-30-28-21-19-17-15-13-11-9-7-2/h14,16-17,19-20,22,24-25,27,29,33,35,48-49H,6-13,15,18,21,23,26,28,30-32,34,36-47H2,1-5H3/p+1/b16-14+,19-17+,22-20+,25-24+,29-27+,35-33+. The van der Waals surface area contributed by atoms with Gasteiger partial charge in [-0.1, -0.05) is 151 Å². The molecule has 1 N–H and O–H groups in total. The van der Waals surface area contributed by atoms with Crippen molar-refractivity contribution in [1.82, 2.24) is 0 Å². The van der Waals surface area contributed by atoms with E-state index in [4.69, 9.17) is 14.2 Å². The summed E-state index contributed by atoms with van der Waals surface area (Å²) in [5.41, 5.74) is 0. The number of carboxylic acid groups (broad SMARTS) is 1. The molecule has 0 aromatic carbocycles. The molecule has 0 spiro atoms. The minimum atomic E-state index is -0.885. The van der Waals surface area contributed by atoms with E-state index >= 15 is 0 Å². The van der Waals surface area contributed by atoms with Crippen molar-refractivity contribution in [3.8, 4) is 0 Å². The van der Waals surface area contributed by atoms with E-state index in [9.17, 15) is 19.5 Å². The normalized spacial score (nSPS) is 13.6. The second-order valence-electron chi connectivity index (χ2n) is 17.0. The van der Waals surface area contributed by atoms with E-state index in [2.05, 4.69) is 86.8 Å². The smallest absolute Gasteiger partial charge is 0.362 e. The third-order valence-electron chi connectivity index (χ3n) is 10.3. The van der Waals surface area contributed by atoms with Gasteiger partial charge in [0.1, 0.15) is 6.61 Å². The second-order valence-corrected chi connectivity index (χ2v) is 17.0. The van der Waals surface area contributed by atoms with Crippen LogP contribution in [0.3, 0.4) is 0 Å². The van der Waals surface area contributed by atoms with Gasteiger partial charge in [0.2, 0.25) is 0 Å². The summed E-state index contributed by atoms with van der Waals surface area (Å²) in [6, 6.07) is -0.627. The van der Waals surface area contributed by atoms with Gasteiger partial charge in [0.05, 0.1) is 34.4 Å². The average Bonchev–Trinajstić information content (AvgIpc) is 3.21. The Balaban J connectivity index is 4.41. The Morgan fingerprint density at radius 2 is 0.883 bits per heavy atom. The lowest BCUT2D eigenvalue weighted by molar-refractivity contribution is -0.887. The number of unbranched alkanes of at least 4 members (excludes halogenated alkanes) is 16. The van der Waals surface area contributed by atoms with Crippen LogP contribution in [0.5, 0.6) is 0 Å². The number of nitrogens with zero attached hydrogens (tertiary/aromatic N) is 1. The number of rotatable bonds is 42. The second kappa shape index (κ2) is 42.5. The van der Waals surface area contributed by atoms with Crippen molar-refractivity contribution in [1.29, 1.82) is 0 Å². The van der Waals surface area contributed by atoms with Crippen LogP contribution in [0.15, 0.2) is 72.9 Å². The van der Waals surface area contributed by atoms with Gasteiger partial charge in [-0.3, -0.25) is 9.59 Å². The molecule has 0 radical (unpaired) electrons. The predicted molar refractivity (Wildman–Crippen MR) is 252 cm³/mol. The van der Waals surface area contributed by atoms with E-state index in [-0.39, 0.29) is 42.7 Å². The van der Waals surface area contributed by atoms with Crippen LogP contribution >= 0.6 is 0 Å². The van der Waals surface area contributed by atoms with Crippen LogP contribution in [0.2, 0.25) is 0 Å². The molecule has 344 valence electrons. The SMILES string of the molecule is CCCCC/C=C/C/C=C/C/C=C/C/C=C/C/C=C/CCCCC(=O)OC(COCCC(C(=O)O)[N+](C)(C)C)COC(=O)CCCCCCCCC/C=C/CCCCCC. The quantitative estimate of drug-likeness (QED) is 0.0283. The first-order valence-corrected chi connectivity index (χ1v) is 24.0. The lowest BCUT2D eigenvalue weighted by Gasteiger charge is -2.31. The molecule has 0 saturated heterocycles. The number of likely N-dealkylation sites (N-methyl/N-ethyl adjacent to an activating group) is 1. The van der Waals surface area contributed by atoms with Gasteiger partial charge < -0.3 is 23.8 Å². The number of carboxylic acids is 1. The Hall–Kier alpha value is -3.23. The maximum absolute atomic E-state index is 12.7. The van der Waals surface area contributed by atoms with Crippen LogP contribution in [0.25, 0.3) is 0 Å². The van der Waals surface area contributed by atoms with Gasteiger partial charge in [-0.25, -0.2) is 4.79 Å². The molecule has 0 aromatic rings. The third kappa shape index (κ3) is 40.2. The highest BCUT2D eigenvalue weighted by molar-refractivity contribution is 5.72. The molecule has 0 fully saturated rings. The summed E-state index contributed by atoms with van der Waals surface area (Å²) in [6.07, 6.45) is 53.7. The van der Waals surface area contributed by atoms with Crippen molar-refractivity contribution in [2.75, 3.05) is 41.0 Å². The first kappa shape index (κ1) is 56.8. The number of esters is 2. The van der Waals surface area contributed by atoms with Gasteiger partial charge in [-0.15, -0.1) is 0 Å². The van der Waals surface area contributed by atoms with Gasteiger partial charge in [0.15, 0.2) is 12.1 Å². The summed E-state index contributed by atoms with van der Waals surface area (Å²) < 4.78 is 17.3. The molecular formula is C52H90NO7+. The molecule has 0 heterocycles. The number of aliphatic carboxylic acids is 1. The molecule has 0 aliphatic heterocycles. The Labute approximate surface area is 368 Å². The first-order valence-electron chi connectivity index (χ1n) is 24.0. The molecule has 2 atom stereocenters. The van der Waals surface area contributed by atoms with Crippen LogP contribution in [0, 0.1) is 0 Å². The first-order chi connectivity index (χ1) is 29.1. The maximum atomic E-state index is 12.7. The van der Waals surface area contributed by atoms with Gasteiger partial charge in [0.25, 0.3) is 0 Å². The van der Waals surface area contributed by atoms with Crippen molar-refractivity contribution in [2.45, 2.75) is 199 Å². The van der Waals surface area contributed by atoms with Crippen molar-refractivity contribution < 1.29 is 38.2 Å². The molecule has 8 nitrogen and oxygen atoms in total. The Morgan fingerprint density at radius 3 is 1.38 bits per heavy atom. The van der Waals surface area contributed by atoms with Crippen LogP contribution in [0.4, 0.5) is 0 Å². The van der Waals surface area contributed by atoms with Crippen molar-refractivity contribution in [3.63, 3.8) is 0 Å². The largest absolute Gasteiger partial charge is 0.477 e. The van der Waals surface area contributed by atoms with Crippen LogP contribution in [0.1, 0.15) is 187 Å². The summed E-state index contributed by atoms with van der Waals surface area (Å²) >= 11 is 0. The average molecular weight is 841 g/mol. The topological polar surface area (TPSA) is 99.1 Å². The molecule has 0 amide bonds. The highest BCUT2D eigenvalue weighted by atomic mass is 16.6. The zero-order valence-corrected chi connectivity index (χ0v) is 39.1. The highest BCUT2D eigenvalue weighted by Gasteiger charge is 2.31. The molecule has 0 aliphatic rings. The zero-order chi connectivity index (χ0) is 44.2. The fourth-order valence-corrected chi connectivity index (χ4v) is 6.57. The van der Waals surface area contributed by atoms with Gasteiger partial charge in [-0.2, -0.15) is 0 Å². The summed E-state index contributed by atoms with van der Waals surface area (Å²) in [7, 11) is 5.51. The van der Waals surface area contributed by atoms with Crippen molar-refractivity contribution in [3.05, 3.63) is 72.9 Å². The molecule has 0 rings (SSSR count). The number of allylic oxidation sites excluding steroid dienone is 12. The van der Waals surface area contributed by atoms with E-state index in [1.54, 1.807) is 0 Å². The van der Waals surface area contributed by atoms with Crippen LogP contribution in [-0.4, -0.2) is 80.6 Å². The molecule has 8 heteroatoms. The molecule has 2 unspecified atom stereocenters. The van der Waals surface area contributed by atoms with E-state index < -0.39 is 18.1 Å². The zero-order valence-electron chi connectivity index (χ0n) is 39.1. The van der Waals surface area contributed by atoms with Crippen molar-refractivity contribution in [2.24, 2.45) is 0 Å². The summed E-state index contributed by atoms with van der Waals surface area (Å²) in [4.78, 5) is 37.1. The van der Waals surface area contributed by atoms with Crippen molar-refractivity contribution >= 4 is 17.9 Å². The minimum absolute atomic E-state index is 0.0392. The number of hydrogen-bond acceptors (Lipinski definition) is 6. The lowest BCUT2D eigenvalue weighted by atomic mass is 10.1. The Morgan fingerprint density at radius 1 is 0.500 bits per heavy atom. The van der Waals surface area contributed by atoms with Crippen LogP contribution < -0.4 is 0 Å². The number of carbonyl (C=O) groups excluding carboxylic acids is 2. The highest BCUT2D eigenvalue weighted by Crippen LogP contribution is 2.13. The maximum Gasteiger partial charge on any atom is 0.362 e. The summed E-state index contributed by atoms with van der Waals surface area (Å²) in [5.74, 6) is -1.53. The Kier molecular flexibility index (Phi) is 40.2. The molecule has 60 heavy (non-hydrogen) atoms. The van der Waals surface area contributed by atoms with E-state index in [1.165, 1.54) is 89.9 Å². The van der Waals surface area contributed by atoms with Crippen LogP contribution in [-0.2, 0) is 28.6 Å². The molecule has 0 aromatic heterocycles. The third-order valence-corrected chi connectivity index (χ3v) is 10.3. The number of hydrogen-bond donors (Lipinski definition) is 1. The predicted octanol–water partition coefficient (Wildman–Crippen LogP) is 13.5. The summed E-state index contributed by atoms with van der Waals surface area (Å²) in [5, 5.41) is 9.63. The molecule has 0 aliphatic carbocycles. The number of ether oxygens (including phenoxy) is 3. The minimum Gasteiger partial charge on any atom is -0.477 e. The number of carbonyl (C=O) groups is 3. The van der Waals surface area contributed by atoms with E-state index in [1.807, 2.05) is 21.1 Å². The molecule has 0 bridgehead atoms. The lowest BCUT2D eigenvalue weighted by Crippen LogP contribution is -2.50. The van der Waals surface area contributed by atoms with E-state index in [0.717, 1.165) is 57.8 Å². The van der Waals surface area contributed by atoms with Gasteiger partial charge in [-0.05, 0) is 89.9 Å². The fraction of sp³-hybridized carbons (Fsp3) is 0.712. The fourth-order valence-electron chi connectivity index (χ4n) is 6.57.